The van der Waals surface area contributed by atoms with Gasteiger partial charge in [0.05, 0.1) is 26.5 Å². The van der Waals surface area contributed by atoms with Gasteiger partial charge >= 0.3 is 0 Å². The highest BCUT2D eigenvalue weighted by Gasteiger charge is 2.10. The fourth-order valence-electron chi connectivity index (χ4n) is 2.61. The third kappa shape index (κ3) is 5.76. The number of halogens is 1. The van der Waals surface area contributed by atoms with E-state index >= 15 is 0 Å². The molecule has 0 spiro atoms. The summed E-state index contributed by atoms with van der Waals surface area (Å²) in [7, 11) is 5.09. The van der Waals surface area contributed by atoms with Crippen molar-refractivity contribution in [3.8, 4) is 11.5 Å². The third-order valence-corrected chi connectivity index (χ3v) is 3.99. The molecule has 0 aliphatic rings. The normalized spacial score (nSPS) is 10.7. The molecule has 6 nitrogen and oxygen atoms in total. The maximum Gasteiger partial charge on any atom is 0.191 e. The van der Waals surface area contributed by atoms with Crippen molar-refractivity contribution in [3.63, 3.8) is 0 Å². The number of guanidine groups is 1. The summed E-state index contributed by atoms with van der Waals surface area (Å²) in [5.74, 6) is 2.43. The maximum atomic E-state index is 5.45. The van der Waals surface area contributed by atoms with E-state index in [4.69, 9.17) is 9.47 Å². The minimum Gasteiger partial charge on any atom is -0.497 e. The Bertz CT molecular complexity index is 750. The van der Waals surface area contributed by atoms with Gasteiger partial charge in [-0.1, -0.05) is 12.1 Å². The van der Waals surface area contributed by atoms with Crippen molar-refractivity contribution in [1.29, 1.82) is 0 Å². The van der Waals surface area contributed by atoms with E-state index in [0.717, 1.165) is 33.9 Å². The van der Waals surface area contributed by atoms with Crippen molar-refractivity contribution in [2.24, 2.45) is 4.99 Å². The fraction of sp³-hybridized carbons (Fsp3) is 0.368. The van der Waals surface area contributed by atoms with Gasteiger partial charge in [0.25, 0.3) is 0 Å². The zero-order valence-electron chi connectivity index (χ0n) is 15.9. The van der Waals surface area contributed by atoms with E-state index in [0.29, 0.717) is 19.0 Å². The summed E-state index contributed by atoms with van der Waals surface area (Å²) < 4.78 is 10.7. The second-order valence-corrected chi connectivity index (χ2v) is 5.68. The van der Waals surface area contributed by atoms with Crippen LogP contribution in [0.25, 0.3) is 0 Å². The summed E-state index contributed by atoms with van der Waals surface area (Å²) in [6.45, 7) is 5.23. The Balaban J connectivity index is 0.00000338. The fourth-order valence-corrected chi connectivity index (χ4v) is 2.61. The lowest BCUT2D eigenvalue weighted by Gasteiger charge is -2.15. The van der Waals surface area contributed by atoms with Crippen LogP contribution in [0.4, 0.5) is 0 Å². The third-order valence-electron chi connectivity index (χ3n) is 3.99. The first-order valence-electron chi connectivity index (χ1n) is 8.15. The molecule has 0 aliphatic heterocycles. The predicted molar refractivity (Wildman–Crippen MR) is 116 cm³/mol. The number of hydrogen-bond acceptors (Lipinski definition) is 4. The Morgan fingerprint density at radius 2 is 1.85 bits per heavy atom. The number of benzene rings is 1. The highest BCUT2D eigenvalue weighted by Crippen LogP contribution is 2.23. The van der Waals surface area contributed by atoms with Gasteiger partial charge in [0.15, 0.2) is 5.96 Å². The van der Waals surface area contributed by atoms with E-state index < -0.39 is 0 Å². The van der Waals surface area contributed by atoms with Crippen LogP contribution in [0.5, 0.6) is 11.5 Å². The Morgan fingerprint density at radius 1 is 1.12 bits per heavy atom. The topological polar surface area (TPSA) is 67.8 Å². The summed E-state index contributed by atoms with van der Waals surface area (Å²) in [6.07, 6.45) is 1.83. The molecule has 26 heavy (non-hydrogen) atoms. The lowest BCUT2D eigenvalue weighted by Crippen LogP contribution is -2.36. The van der Waals surface area contributed by atoms with E-state index in [1.165, 1.54) is 0 Å². The summed E-state index contributed by atoms with van der Waals surface area (Å²) >= 11 is 0. The van der Waals surface area contributed by atoms with Crippen molar-refractivity contribution in [3.05, 3.63) is 52.8 Å². The second kappa shape index (κ2) is 10.8. The van der Waals surface area contributed by atoms with Gasteiger partial charge in [-0.15, -0.1) is 24.0 Å². The minimum absolute atomic E-state index is 0. The van der Waals surface area contributed by atoms with E-state index in [1.54, 1.807) is 21.3 Å². The van der Waals surface area contributed by atoms with Gasteiger partial charge in [-0.25, -0.2) is 0 Å². The zero-order valence-corrected chi connectivity index (χ0v) is 18.3. The van der Waals surface area contributed by atoms with Gasteiger partial charge in [-0.05, 0) is 31.5 Å². The van der Waals surface area contributed by atoms with Crippen LogP contribution >= 0.6 is 24.0 Å². The summed E-state index contributed by atoms with van der Waals surface area (Å²) in [5, 5.41) is 6.58. The van der Waals surface area contributed by atoms with Gasteiger partial charge in [-0.2, -0.15) is 0 Å². The molecule has 1 heterocycles. The molecular formula is C19H27IN4O2. The number of aryl methyl sites for hydroxylation is 1. The number of ether oxygens (including phenoxy) is 2. The molecule has 0 radical (unpaired) electrons. The van der Waals surface area contributed by atoms with Crippen LogP contribution in [0.15, 0.2) is 35.5 Å². The van der Waals surface area contributed by atoms with Crippen molar-refractivity contribution in [2.45, 2.75) is 26.9 Å². The molecule has 1 aromatic carbocycles. The number of pyridine rings is 1. The monoisotopic (exact) mass is 470 g/mol. The molecule has 0 aliphatic carbocycles. The number of rotatable bonds is 6. The molecule has 0 saturated carbocycles. The van der Waals surface area contributed by atoms with Crippen molar-refractivity contribution < 1.29 is 9.47 Å². The Kier molecular flexibility index (Phi) is 9.18. The number of nitrogens with one attached hydrogen (secondary N) is 2. The average Bonchev–Trinajstić information content (AvgIpc) is 2.64. The molecule has 7 heteroatoms. The van der Waals surface area contributed by atoms with E-state index in [9.17, 15) is 0 Å². The van der Waals surface area contributed by atoms with Crippen LogP contribution in [-0.4, -0.2) is 32.2 Å². The Hall–Kier alpha value is -2.03. The maximum absolute atomic E-state index is 5.45. The molecule has 2 aromatic rings. The molecule has 0 atom stereocenters. The quantitative estimate of drug-likeness (QED) is 0.386. The molecule has 142 valence electrons. The van der Waals surface area contributed by atoms with Crippen molar-refractivity contribution in [2.75, 3.05) is 21.3 Å². The van der Waals surface area contributed by atoms with Crippen LogP contribution in [0.2, 0.25) is 0 Å². The summed E-state index contributed by atoms with van der Waals surface area (Å²) in [6, 6.07) is 7.93. The number of aliphatic imine (C=N–C) groups is 1. The standard InChI is InChI=1S/C19H26N4O2.HI/c1-13-10-21-17(14(2)18(13)25-5)12-23-19(20-3)22-11-15-7-6-8-16(9-15)24-4;/h6-10H,11-12H2,1-5H3,(H2,20,22,23);1H. The summed E-state index contributed by atoms with van der Waals surface area (Å²) in [4.78, 5) is 8.75. The molecule has 0 amide bonds. The zero-order chi connectivity index (χ0) is 18.2. The molecule has 0 unspecified atom stereocenters. The highest BCUT2D eigenvalue weighted by atomic mass is 127. The van der Waals surface area contributed by atoms with Crippen LogP contribution in [0, 0.1) is 13.8 Å². The first-order valence-corrected chi connectivity index (χ1v) is 8.15. The minimum atomic E-state index is 0. The largest absolute Gasteiger partial charge is 0.497 e. The number of methoxy groups -OCH3 is 2. The molecule has 0 bridgehead atoms. The predicted octanol–water partition coefficient (Wildman–Crippen LogP) is 3.20. The molecule has 2 rings (SSSR count). The first-order chi connectivity index (χ1) is 12.1. The Morgan fingerprint density at radius 3 is 2.50 bits per heavy atom. The lowest BCUT2D eigenvalue weighted by atomic mass is 10.1. The smallest absolute Gasteiger partial charge is 0.191 e. The van der Waals surface area contributed by atoms with Crippen molar-refractivity contribution >= 4 is 29.9 Å². The number of hydrogen-bond donors (Lipinski definition) is 2. The first kappa shape index (κ1) is 22.0. The van der Waals surface area contributed by atoms with Gasteiger partial charge in [0.2, 0.25) is 0 Å². The molecule has 1 aromatic heterocycles. The van der Waals surface area contributed by atoms with E-state index in [1.807, 2.05) is 44.3 Å². The number of nitrogens with zero attached hydrogens (tertiary/aromatic N) is 2. The molecule has 0 fully saturated rings. The van der Waals surface area contributed by atoms with Gasteiger partial charge in [-0.3, -0.25) is 9.98 Å². The Labute approximate surface area is 172 Å². The van der Waals surface area contributed by atoms with Crippen molar-refractivity contribution in [1.82, 2.24) is 15.6 Å². The summed E-state index contributed by atoms with van der Waals surface area (Å²) in [5.41, 5.74) is 4.13. The lowest BCUT2D eigenvalue weighted by molar-refractivity contribution is 0.406. The van der Waals surface area contributed by atoms with Crippen LogP contribution in [0.1, 0.15) is 22.4 Å². The van der Waals surface area contributed by atoms with Gasteiger partial charge < -0.3 is 20.1 Å². The van der Waals surface area contributed by atoms with E-state index in [-0.39, 0.29) is 24.0 Å². The SMILES string of the molecule is CN=C(NCc1cccc(OC)c1)NCc1ncc(C)c(OC)c1C.I. The van der Waals surface area contributed by atoms with Crippen LogP contribution in [0.3, 0.4) is 0 Å². The molecule has 2 N–H and O–H groups in total. The highest BCUT2D eigenvalue weighted by molar-refractivity contribution is 14.0. The van der Waals surface area contributed by atoms with E-state index in [2.05, 4.69) is 20.6 Å². The molecule has 0 saturated heterocycles. The second-order valence-electron chi connectivity index (χ2n) is 5.68. The van der Waals surface area contributed by atoms with Gasteiger partial charge in [0, 0.05) is 30.9 Å². The van der Waals surface area contributed by atoms with Crippen LogP contribution < -0.4 is 20.1 Å². The van der Waals surface area contributed by atoms with Crippen LogP contribution in [-0.2, 0) is 13.1 Å². The van der Waals surface area contributed by atoms with Gasteiger partial charge in [0.1, 0.15) is 11.5 Å². The number of aromatic nitrogens is 1. The molecular weight excluding hydrogens is 443 g/mol. The average molecular weight is 470 g/mol.